The van der Waals surface area contributed by atoms with Gasteiger partial charge in [-0.25, -0.2) is 4.79 Å². The molecule has 0 heterocycles. The normalized spacial score (nSPS) is 12.2. The van der Waals surface area contributed by atoms with Gasteiger partial charge < -0.3 is 9.84 Å². The molecular formula is C21H40O3. The summed E-state index contributed by atoms with van der Waals surface area (Å²) in [6.45, 7) is 6.46. The zero-order valence-corrected chi connectivity index (χ0v) is 15.9. The third-order valence-corrected chi connectivity index (χ3v) is 4.47. The first-order chi connectivity index (χ1) is 11.7. The van der Waals surface area contributed by atoms with Gasteiger partial charge in [0.15, 0.2) is 6.10 Å². The van der Waals surface area contributed by atoms with Crippen molar-refractivity contribution in [2.24, 2.45) is 0 Å². The zero-order valence-electron chi connectivity index (χ0n) is 15.9. The van der Waals surface area contributed by atoms with Crippen LogP contribution in [0.15, 0.2) is 12.7 Å². The molecule has 0 rings (SSSR count). The summed E-state index contributed by atoms with van der Waals surface area (Å²) in [5.74, 6) is -0.803. The highest BCUT2D eigenvalue weighted by molar-refractivity contribution is 5.72. The first kappa shape index (κ1) is 23.2. The molecule has 3 nitrogen and oxygen atoms in total. The Hall–Kier alpha value is -0.830. The number of hydrogen-bond donors (Lipinski definition) is 1. The first-order valence-corrected chi connectivity index (χ1v) is 10.2. The van der Waals surface area contributed by atoms with Crippen LogP contribution in [0.3, 0.4) is 0 Å². The average Bonchev–Trinajstić information content (AvgIpc) is 2.57. The second-order valence-electron chi connectivity index (χ2n) is 6.81. The molecule has 0 aromatic carbocycles. The van der Waals surface area contributed by atoms with E-state index < -0.39 is 12.1 Å². The van der Waals surface area contributed by atoms with Gasteiger partial charge in [0, 0.05) is 6.61 Å². The van der Waals surface area contributed by atoms with Crippen molar-refractivity contribution in [3.05, 3.63) is 12.7 Å². The van der Waals surface area contributed by atoms with Crippen LogP contribution in [-0.2, 0) is 9.53 Å². The molecule has 0 aliphatic heterocycles. The largest absolute Gasteiger partial charge is 0.479 e. The van der Waals surface area contributed by atoms with Crippen LogP contribution in [0.1, 0.15) is 103 Å². The standard InChI is InChI=1S/C21H40O3/c1-3-5-7-8-9-10-11-12-13-14-15-16-18-20(21(22)23)24-19-17-6-4-2/h3,20H,1,4-19H2,2H3,(H,22,23). The molecule has 0 aliphatic rings. The summed E-state index contributed by atoms with van der Waals surface area (Å²) in [4.78, 5) is 11.2. The number of hydrogen-bond acceptors (Lipinski definition) is 2. The highest BCUT2D eigenvalue weighted by Gasteiger charge is 2.16. The summed E-state index contributed by atoms with van der Waals surface area (Å²) in [5, 5.41) is 9.18. The van der Waals surface area contributed by atoms with Crippen molar-refractivity contribution in [3.8, 4) is 0 Å². The summed E-state index contributed by atoms with van der Waals surface area (Å²) in [6.07, 6.45) is 19.0. The molecule has 24 heavy (non-hydrogen) atoms. The van der Waals surface area contributed by atoms with Crippen molar-refractivity contribution in [1.82, 2.24) is 0 Å². The van der Waals surface area contributed by atoms with E-state index in [1.165, 1.54) is 51.4 Å². The maximum Gasteiger partial charge on any atom is 0.332 e. The monoisotopic (exact) mass is 340 g/mol. The van der Waals surface area contributed by atoms with E-state index in [9.17, 15) is 9.90 Å². The van der Waals surface area contributed by atoms with Gasteiger partial charge in [-0.15, -0.1) is 6.58 Å². The zero-order chi connectivity index (χ0) is 17.9. The number of aliphatic carboxylic acids is 1. The Labute approximate surface area is 149 Å². The molecule has 1 unspecified atom stereocenters. The highest BCUT2D eigenvalue weighted by Crippen LogP contribution is 2.14. The molecule has 0 fully saturated rings. The van der Waals surface area contributed by atoms with E-state index in [4.69, 9.17) is 4.74 Å². The highest BCUT2D eigenvalue weighted by atomic mass is 16.5. The van der Waals surface area contributed by atoms with Crippen molar-refractivity contribution in [1.29, 1.82) is 0 Å². The van der Waals surface area contributed by atoms with Crippen LogP contribution < -0.4 is 0 Å². The number of ether oxygens (including phenoxy) is 1. The number of rotatable bonds is 19. The fourth-order valence-corrected chi connectivity index (χ4v) is 2.89. The summed E-state index contributed by atoms with van der Waals surface area (Å²) < 4.78 is 5.50. The lowest BCUT2D eigenvalue weighted by Crippen LogP contribution is -2.24. The predicted molar refractivity (Wildman–Crippen MR) is 103 cm³/mol. The fourth-order valence-electron chi connectivity index (χ4n) is 2.89. The molecule has 0 amide bonds. The maximum atomic E-state index is 11.2. The minimum absolute atomic E-state index is 0.581. The van der Waals surface area contributed by atoms with Gasteiger partial charge in [0.25, 0.3) is 0 Å². The lowest BCUT2D eigenvalue weighted by Gasteiger charge is -2.13. The van der Waals surface area contributed by atoms with Gasteiger partial charge in [-0.1, -0.05) is 83.6 Å². The molecule has 0 saturated heterocycles. The molecule has 0 aliphatic carbocycles. The van der Waals surface area contributed by atoms with E-state index in [2.05, 4.69) is 13.5 Å². The second kappa shape index (κ2) is 18.5. The third kappa shape index (κ3) is 16.0. The van der Waals surface area contributed by atoms with E-state index in [0.717, 1.165) is 38.5 Å². The van der Waals surface area contributed by atoms with Gasteiger partial charge in [-0.05, 0) is 25.7 Å². The summed E-state index contributed by atoms with van der Waals surface area (Å²) in [5.41, 5.74) is 0. The van der Waals surface area contributed by atoms with Crippen LogP contribution in [0.5, 0.6) is 0 Å². The minimum atomic E-state index is -0.803. The molecule has 0 spiro atoms. The van der Waals surface area contributed by atoms with Crippen LogP contribution in [0.2, 0.25) is 0 Å². The van der Waals surface area contributed by atoms with Crippen LogP contribution in [0.4, 0.5) is 0 Å². The van der Waals surface area contributed by atoms with E-state index in [1.807, 2.05) is 6.08 Å². The molecule has 0 bridgehead atoms. The maximum absolute atomic E-state index is 11.2. The lowest BCUT2D eigenvalue weighted by molar-refractivity contribution is -0.151. The van der Waals surface area contributed by atoms with Crippen molar-refractivity contribution in [3.63, 3.8) is 0 Å². The minimum Gasteiger partial charge on any atom is -0.479 e. The van der Waals surface area contributed by atoms with E-state index >= 15 is 0 Å². The number of unbranched alkanes of at least 4 members (excludes halogenated alkanes) is 12. The van der Waals surface area contributed by atoms with Gasteiger partial charge in [0.1, 0.15) is 0 Å². The summed E-state index contributed by atoms with van der Waals surface area (Å²) in [6, 6.07) is 0. The predicted octanol–water partition coefficient (Wildman–Crippen LogP) is 6.51. The molecule has 1 N–H and O–H groups in total. The number of carboxylic acids is 1. The molecule has 0 radical (unpaired) electrons. The Bertz CT molecular complexity index is 289. The molecule has 0 saturated carbocycles. The Balaban J connectivity index is 3.39. The Morgan fingerprint density at radius 3 is 1.96 bits per heavy atom. The molecular weight excluding hydrogens is 300 g/mol. The summed E-state index contributed by atoms with van der Waals surface area (Å²) >= 11 is 0. The molecule has 1 atom stereocenters. The number of carboxylic acid groups (broad SMARTS) is 1. The SMILES string of the molecule is C=CCCCCCCCCCCCCC(OCCCCC)C(=O)O. The average molecular weight is 341 g/mol. The van der Waals surface area contributed by atoms with E-state index in [1.54, 1.807) is 0 Å². The van der Waals surface area contributed by atoms with Crippen molar-refractivity contribution in [2.75, 3.05) is 6.61 Å². The van der Waals surface area contributed by atoms with Gasteiger partial charge in [-0.3, -0.25) is 0 Å². The summed E-state index contributed by atoms with van der Waals surface area (Å²) in [7, 11) is 0. The second-order valence-corrected chi connectivity index (χ2v) is 6.81. The van der Waals surface area contributed by atoms with Crippen molar-refractivity contribution in [2.45, 2.75) is 109 Å². The smallest absolute Gasteiger partial charge is 0.332 e. The van der Waals surface area contributed by atoms with E-state index in [-0.39, 0.29) is 0 Å². The molecule has 3 heteroatoms. The van der Waals surface area contributed by atoms with Gasteiger partial charge >= 0.3 is 5.97 Å². The fraction of sp³-hybridized carbons (Fsp3) is 0.857. The Morgan fingerprint density at radius 1 is 0.917 bits per heavy atom. The lowest BCUT2D eigenvalue weighted by atomic mass is 10.0. The first-order valence-electron chi connectivity index (χ1n) is 10.2. The van der Waals surface area contributed by atoms with Crippen LogP contribution >= 0.6 is 0 Å². The van der Waals surface area contributed by atoms with Crippen LogP contribution in [-0.4, -0.2) is 23.8 Å². The molecule has 0 aromatic heterocycles. The topological polar surface area (TPSA) is 46.5 Å². The van der Waals surface area contributed by atoms with Gasteiger partial charge in [0.05, 0.1) is 0 Å². The van der Waals surface area contributed by atoms with Crippen molar-refractivity contribution >= 4 is 5.97 Å². The number of carbonyl (C=O) groups is 1. The van der Waals surface area contributed by atoms with Gasteiger partial charge in [0.2, 0.25) is 0 Å². The quantitative estimate of drug-likeness (QED) is 0.215. The van der Waals surface area contributed by atoms with Crippen LogP contribution in [0.25, 0.3) is 0 Å². The van der Waals surface area contributed by atoms with Crippen molar-refractivity contribution < 1.29 is 14.6 Å². The van der Waals surface area contributed by atoms with Crippen LogP contribution in [0, 0.1) is 0 Å². The van der Waals surface area contributed by atoms with E-state index in [0.29, 0.717) is 13.0 Å². The number of allylic oxidation sites excluding steroid dienone is 1. The molecule has 142 valence electrons. The van der Waals surface area contributed by atoms with Gasteiger partial charge in [-0.2, -0.15) is 0 Å². The Morgan fingerprint density at radius 2 is 1.46 bits per heavy atom. The molecule has 0 aromatic rings. The Kier molecular flexibility index (Phi) is 17.9. The third-order valence-electron chi connectivity index (χ3n) is 4.47.